The minimum Gasteiger partial charge on any atom is -0.391 e. The van der Waals surface area contributed by atoms with E-state index in [0.717, 1.165) is 45.8 Å². The molecule has 2 fully saturated rings. The van der Waals surface area contributed by atoms with E-state index in [0.29, 0.717) is 6.04 Å². The Hall–Kier alpha value is -0.160. The minimum absolute atomic E-state index is 0.153. The van der Waals surface area contributed by atoms with Crippen LogP contribution in [0.5, 0.6) is 0 Å². The van der Waals surface area contributed by atoms with Crippen LogP contribution >= 0.6 is 0 Å². The van der Waals surface area contributed by atoms with Crippen molar-refractivity contribution in [2.45, 2.75) is 18.6 Å². The van der Waals surface area contributed by atoms with Crippen LogP contribution in [0, 0.1) is 0 Å². The van der Waals surface area contributed by atoms with Gasteiger partial charge in [0.1, 0.15) is 0 Å². The van der Waals surface area contributed by atoms with Crippen molar-refractivity contribution in [3.63, 3.8) is 0 Å². The van der Waals surface area contributed by atoms with Crippen LogP contribution in [-0.4, -0.2) is 61.5 Å². The molecule has 0 aromatic heterocycles. The van der Waals surface area contributed by atoms with E-state index in [1.165, 1.54) is 0 Å². The van der Waals surface area contributed by atoms with Gasteiger partial charge in [0, 0.05) is 25.7 Å². The van der Waals surface area contributed by atoms with Crippen molar-refractivity contribution in [1.82, 2.24) is 10.2 Å². The molecule has 0 amide bonds. The van der Waals surface area contributed by atoms with Crippen molar-refractivity contribution in [2.24, 2.45) is 0 Å². The maximum absolute atomic E-state index is 9.80. The first-order valence-corrected chi connectivity index (χ1v) is 5.08. The van der Waals surface area contributed by atoms with Gasteiger partial charge in [0.2, 0.25) is 0 Å². The van der Waals surface area contributed by atoms with Crippen LogP contribution in [0.4, 0.5) is 0 Å². The highest BCUT2D eigenvalue weighted by molar-refractivity contribution is 4.86. The lowest BCUT2D eigenvalue weighted by atomic mass is 10.0. The Labute approximate surface area is 78.9 Å². The van der Waals surface area contributed by atoms with Crippen LogP contribution in [0.15, 0.2) is 0 Å². The van der Waals surface area contributed by atoms with E-state index in [4.69, 9.17) is 4.74 Å². The molecular formula is C9H18N2O2. The largest absolute Gasteiger partial charge is 0.391 e. The van der Waals surface area contributed by atoms with Gasteiger partial charge in [-0.15, -0.1) is 0 Å². The Bertz CT molecular complexity index is 160. The summed E-state index contributed by atoms with van der Waals surface area (Å²) < 4.78 is 5.28. The topological polar surface area (TPSA) is 44.7 Å². The molecule has 0 saturated carbocycles. The lowest BCUT2D eigenvalue weighted by Crippen LogP contribution is -2.56. The van der Waals surface area contributed by atoms with Crippen LogP contribution in [0.2, 0.25) is 0 Å². The third kappa shape index (κ3) is 2.20. The molecule has 0 unspecified atom stereocenters. The monoisotopic (exact) mass is 186 g/mol. The Kier molecular flexibility index (Phi) is 3.16. The fourth-order valence-electron chi connectivity index (χ4n) is 2.11. The molecule has 4 nitrogen and oxygen atoms in total. The Morgan fingerprint density at radius 1 is 1.31 bits per heavy atom. The third-order valence-corrected chi connectivity index (χ3v) is 2.93. The van der Waals surface area contributed by atoms with Gasteiger partial charge in [-0.2, -0.15) is 0 Å². The van der Waals surface area contributed by atoms with E-state index in [1.807, 2.05) is 0 Å². The molecule has 0 aliphatic carbocycles. The molecule has 2 aliphatic heterocycles. The summed E-state index contributed by atoms with van der Waals surface area (Å²) in [6, 6.07) is 0.303. The Balaban J connectivity index is 1.88. The molecule has 0 aromatic rings. The second kappa shape index (κ2) is 4.37. The number of aliphatic hydroxyl groups is 1. The summed E-state index contributed by atoms with van der Waals surface area (Å²) in [4.78, 5) is 2.33. The molecule has 0 radical (unpaired) electrons. The van der Waals surface area contributed by atoms with Gasteiger partial charge >= 0.3 is 0 Å². The second-order valence-corrected chi connectivity index (χ2v) is 3.78. The predicted octanol–water partition coefficient (Wildman–Crippen LogP) is -0.959. The van der Waals surface area contributed by atoms with Crippen molar-refractivity contribution >= 4 is 0 Å². The number of hydrogen-bond donors (Lipinski definition) is 2. The van der Waals surface area contributed by atoms with Crippen molar-refractivity contribution in [1.29, 1.82) is 0 Å². The van der Waals surface area contributed by atoms with Crippen LogP contribution in [0.3, 0.4) is 0 Å². The van der Waals surface area contributed by atoms with Crippen LogP contribution in [0.1, 0.15) is 6.42 Å². The molecule has 0 spiro atoms. The highest BCUT2D eigenvalue weighted by Gasteiger charge is 2.29. The number of hydrogen-bond acceptors (Lipinski definition) is 4. The van der Waals surface area contributed by atoms with Crippen LogP contribution < -0.4 is 5.32 Å². The van der Waals surface area contributed by atoms with E-state index in [9.17, 15) is 5.11 Å². The summed E-state index contributed by atoms with van der Waals surface area (Å²) in [5.74, 6) is 0. The average molecular weight is 186 g/mol. The van der Waals surface area contributed by atoms with Gasteiger partial charge in [0.05, 0.1) is 19.3 Å². The molecular weight excluding hydrogens is 168 g/mol. The zero-order valence-corrected chi connectivity index (χ0v) is 7.91. The molecule has 2 heterocycles. The average Bonchev–Trinajstić information content (AvgIpc) is 2.20. The molecule has 13 heavy (non-hydrogen) atoms. The number of ether oxygens (including phenoxy) is 1. The number of rotatable bonds is 1. The van der Waals surface area contributed by atoms with E-state index >= 15 is 0 Å². The first-order chi connectivity index (χ1) is 6.38. The molecule has 0 bridgehead atoms. The lowest BCUT2D eigenvalue weighted by molar-refractivity contribution is -0.0305. The summed E-state index contributed by atoms with van der Waals surface area (Å²) in [7, 11) is 0. The molecule has 0 aromatic carbocycles. The Morgan fingerprint density at radius 2 is 2.08 bits per heavy atom. The van der Waals surface area contributed by atoms with E-state index in [1.54, 1.807) is 0 Å². The Morgan fingerprint density at radius 3 is 2.77 bits per heavy atom. The maximum atomic E-state index is 9.80. The summed E-state index contributed by atoms with van der Waals surface area (Å²) in [6.45, 7) is 5.41. The summed E-state index contributed by atoms with van der Waals surface area (Å²) in [6.07, 6.45) is 0.724. The fourth-order valence-corrected chi connectivity index (χ4v) is 2.11. The third-order valence-electron chi connectivity index (χ3n) is 2.93. The highest BCUT2D eigenvalue weighted by Crippen LogP contribution is 2.12. The molecule has 4 heteroatoms. The molecule has 2 aliphatic rings. The quantitative estimate of drug-likeness (QED) is 0.554. The molecule has 76 valence electrons. The predicted molar refractivity (Wildman–Crippen MR) is 49.7 cm³/mol. The summed E-state index contributed by atoms with van der Waals surface area (Å²) in [5, 5.41) is 13.1. The van der Waals surface area contributed by atoms with Crippen LogP contribution in [-0.2, 0) is 4.74 Å². The standard InChI is InChI=1S/C9H18N2O2/c12-9-1-2-10-7-8(9)11-3-5-13-6-4-11/h8-10,12H,1-7H2/t8-,9-/m0/s1. The molecule has 2 N–H and O–H groups in total. The first kappa shape index (κ1) is 9.40. The van der Waals surface area contributed by atoms with E-state index in [-0.39, 0.29) is 6.10 Å². The van der Waals surface area contributed by atoms with Crippen molar-refractivity contribution in [3.8, 4) is 0 Å². The van der Waals surface area contributed by atoms with Gasteiger partial charge in [-0.05, 0) is 13.0 Å². The number of aliphatic hydroxyl groups excluding tert-OH is 1. The van der Waals surface area contributed by atoms with E-state index < -0.39 is 0 Å². The van der Waals surface area contributed by atoms with Gasteiger partial charge in [-0.3, -0.25) is 4.90 Å². The number of nitrogens with one attached hydrogen (secondary N) is 1. The van der Waals surface area contributed by atoms with E-state index in [2.05, 4.69) is 10.2 Å². The van der Waals surface area contributed by atoms with Crippen LogP contribution in [0.25, 0.3) is 0 Å². The smallest absolute Gasteiger partial charge is 0.0719 e. The molecule has 2 rings (SSSR count). The first-order valence-electron chi connectivity index (χ1n) is 5.08. The highest BCUT2D eigenvalue weighted by atomic mass is 16.5. The lowest BCUT2D eigenvalue weighted by Gasteiger charge is -2.39. The fraction of sp³-hybridized carbons (Fsp3) is 1.00. The summed E-state index contributed by atoms with van der Waals surface area (Å²) >= 11 is 0. The number of piperidine rings is 1. The zero-order valence-electron chi connectivity index (χ0n) is 7.91. The van der Waals surface area contributed by atoms with Gasteiger partial charge in [0.15, 0.2) is 0 Å². The van der Waals surface area contributed by atoms with Crippen molar-refractivity contribution < 1.29 is 9.84 Å². The normalized spacial score (nSPS) is 37.6. The summed E-state index contributed by atoms with van der Waals surface area (Å²) in [5.41, 5.74) is 0. The number of morpholine rings is 1. The SMILES string of the molecule is O[C@H]1CCNC[C@@H]1N1CCOCC1. The van der Waals surface area contributed by atoms with Gasteiger partial charge in [0.25, 0.3) is 0 Å². The minimum atomic E-state index is -0.153. The number of nitrogens with zero attached hydrogens (tertiary/aromatic N) is 1. The second-order valence-electron chi connectivity index (χ2n) is 3.78. The molecule has 2 saturated heterocycles. The maximum Gasteiger partial charge on any atom is 0.0719 e. The zero-order chi connectivity index (χ0) is 9.10. The van der Waals surface area contributed by atoms with Gasteiger partial charge in [-0.25, -0.2) is 0 Å². The van der Waals surface area contributed by atoms with Crippen molar-refractivity contribution in [3.05, 3.63) is 0 Å². The van der Waals surface area contributed by atoms with Gasteiger partial charge < -0.3 is 15.2 Å². The van der Waals surface area contributed by atoms with Gasteiger partial charge in [-0.1, -0.05) is 0 Å². The molecule has 2 atom stereocenters. The van der Waals surface area contributed by atoms with Crippen molar-refractivity contribution in [2.75, 3.05) is 39.4 Å².